The highest BCUT2D eigenvalue weighted by molar-refractivity contribution is 6.09. The molecule has 37 heavy (non-hydrogen) atoms. The molecule has 3 saturated heterocycles. The molecule has 5 rings (SSSR count). The van der Waals surface area contributed by atoms with Crippen LogP contribution in [-0.4, -0.2) is 66.2 Å². The van der Waals surface area contributed by atoms with E-state index in [0.29, 0.717) is 24.3 Å². The molecule has 2 amide bonds. The van der Waals surface area contributed by atoms with E-state index < -0.39 is 29.4 Å². The number of fused-ring (bicyclic) bond motifs is 3. The van der Waals surface area contributed by atoms with Crippen LogP contribution in [0.4, 0.5) is 0 Å². The molecule has 8 heteroatoms. The third-order valence-electron chi connectivity index (χ3n) is 8.38. The SMILES string of the molecule is CCN1C(=O)[C@H]2[C@@H](c3ccc(-c4ccc(C(C)=O)cc4)c(OC)c3)N3CCCC[C@@]3(C(=O)OC)[C@H]2C1=O. The maximum atomic E-state index is 13.6. The number of rotatable bonds is 6. The molecule has 0 radical (unpaired) electrons. The number of carbonyl (C=O) groups excluding carboxylic acids is 4. The number of Topliss-reactive ketones (excluding diaryl/α,β-unsaturated/α-hetero) is 1. The van der Waals surface area contributed by atoms with Gasteiger partial charge in [-0.05, 0) is 56.8 Å². The van der Waals surface area contributed by atoms with Gasteiger partial charge < -0.3 is 9.47 Å². The van der Waals surface area contributed by atoms with Gasteiger partial charge in [-0.15, -0.1) is 0 Å². The smallest absolute Gasteiger partial charge is 0.327 e. The van der Waals surface area contributed by atoms with Gasteiger partial charge in [0.1, 0.15) is 11.3 Å². The summed E-state index contributed by atoms with van der Waals surface area (Å²) in [5.41, 5.74) is 2.03. The number of ketones is 1. The van der Waals surface area contributed by atoms with Crippen LogP contribution in [0, 0.1) is 11.8 Å². The summed E-state index contributed by atoms with van der Waals surface area (Å²) < 4.78 is 11.0. The first-order chi connectivity index (χ1) is 17.8. The first-order valence-electron chi connectivity index (χ1n) is 12.8. The van der Waals surface area contributed by atoms with Crippen LogP contribution < -0.4 is 4.74 Å². The molecule has 8 nitrogen and oxygen atoms in total. The molecule has 194 valence electrons. The van der Waals surface area contributed by atoms with Gasteiger partial charge in [-0.1, -0.05) is 36.4 Å². The summed E-state index contributed by atoms with van der Waals surface area (Å²) in [6, 6.07) is 12.7. The van der Waals surface area contributed by atoms with Gasteiger partial charge in [0, 0.05) is 23.7 Å². The molecule has 2 aromatic carbocycles. The van der Waals surface area contributed by atoms with Crippen molar-refractivity contribution in [3.05, 3.63) is 53.6 Å². The van der Waals surface area contributed by atoms with Crippen LogP contribution in [0.1, 0.15) is 55.1 Å². The average molecular weight is 505 g/mol. The Kier molecular flexibility index (Phi) is 6.40. The lowest BCUT2D eigenvalue weighted by Gasteiger charge is -2.44. The van der Waals surface area contributed by atoms with E-state index in [1.54, 1.807) is 26.2 Å². The minimum atomic E-state index is -1.16. The molecule has 0 aliphatic carbocycles. The van der Waals surface area contributed by atoms with E-state index in [-0.39, 0.29) is 24.1 Å². The van der Waals surface area contributed by atoms with Gasteiger partial charge in [-0.2, -0.15) is 0 Å². The van der Waals surface area contributed by atoms with Crippen molar-refractivity contribution in [1.82, 2.24) is 9.80 Å². The third kappa shape index (κ3) is 3.61. The van der Waals surface area contributed by atoms with Crippen molar-refractivity contribution < 1.29 is 28.7 Å². The number of esters is 1. The highest BCUT2D eigenvalue weighted by Gasteiger charge is 2.72. The topological polar surface area (TPSA) is 93.2 Å². The molecule has 0 aromatic heterocycles. The quantitative estimate of drug-likeness (QED) is 0.337. The Morgan fingerprint density at radius 1 is 1.03 bits per heavy atom. The lowest BCUT2D eigenvalue weighted by Crippen LogP contribution is -2.59. The van der Waals surface area contributed by atoms with E-state index in [1.807, 2.05) is 30.3 Å². The van der Waals surface area contributed by atoms with Crippen LogP contribution in [0.25, 0.3) is 11.1 Å². The number of nitrogens with zero attached hydrogens (tertiary/aromatic N) is 2. The summed E-state index contributed by atoms with van der Waals surface area (Å²) in [4.78, 5) is 55.6. The van der Waals surface area contributed by atoms with Crippen LogP contribution >= 0.6 is 0 Å². The van der Waals surface area contributed by atoms with Crippen LogP contribution in [0.15, 0.2) is 42.5 Å². The lowest BCUT2D eigenvalue weighted by molar-refractivity contribution is -0.164. The maximum Gasteiger partial charge on any atom is 0.327 e. The largest absolute Gasteiger partial charge is 0.496 e. The van der Waals surface area contributed by atoms with E-state index in [4.69, 9.17) is 9.47 Å². The van der Waals surface area contributed by atoms with Gasteiger partial charge in [0.05, 0.1) is 26.1 Å². The number of carbonyl (C=O) groups is 4. The monoisotopic (exact) mass is 504 g/mol. The van der Waals surface area contributed by atoms with E-state index in [0.717, 1.165) is 29.5 Å². The molecule has 0 bridgehead atoms. The summed E-state index contributed by atoms with van der Waals surface area (Å²) in [7, 11) is 2.94. The molecule has 3 heterocycles. The zero-order chi connectivity index (χ0) is 26.5. The van der Waals surface area contributed by atoms with E-state index in [2.05, 4.69) is 4.90 Å². The number of piperidine rings is 1. The van der Waals surface area contributed by atoms with Crippen molar-refractivity contribution in [2.75, 3.05) is 27.3 Å². The Balaban J connectivity index is 1.63. The fourth-order valence-electron chi connectivity index (χ4n) is 6.74. The van der Waals surface area contributed by atoms with Gasteiger partial charge in [0.2, 0.25) is 11.8 Å². The number of amides is 2. The molecular weight excluding hydrogens is 472 g/mol. The zero-order valence-corrected chi connectivity index (χ0v) is 21.7. The van der Waals surface area contributed by atoms with Gasteiger partial charge in [-0.3, -0.25) is 29.0 Å². The fourth-order valence-corrected chi connectivity index (χ4v) is 6.74. The van der Waals surface area contributed by atoms with Crippen molar-refractivity contribution >= 4 is 23.6 Å². The minimum absolute atomic E-state index is 0.00262. The van der Waals surface area contributed by atoms with Crippen molar-refractivity contribution in [2.45, 2.75) is 44.7 Å². The normalized spacial score (nSPS) is 27.1. The van der Waals surface area contributed by atoms with Crippen molar-refractivity contribution in [1.29, 1.82) is 0 Å². The second-order valence-electron chi connectivity index (χ2n) is 10.0. The summed E-state index contributed by atoms with van der Waals surface area (Å²) >= 11 is 0. The van der Waals surface area contributed by atoms with Crippen LogP contribution in [0.5, 0.6) is 5.75 Å². The summed E-state index contributed by atoms with van der Waals surface area (Å²) in [5, 5.41) is 0. The molecule has 0 spiro atoms. The Morgan fingerprint density at radius 2 is 1.76 bits per heavy atom. The van der Waals surface area contributed by atoms with Gasteiger partial charge in [0.15, 0.2) is 5.78 Å². The molecule has 3 aliphatic rings. The van der Waals surface area contributed by atoms with Crippen molar-refractivity contribution in [3.63, 3.8) is 0 Å². The van der Waals surface area contributed by atoms with Crippen LogP contribution in [0.2, 0.25) is 0 Å². The van der Waals surface area contributed by atoms with Crippen LogP contribution in [-0.2, 0) is 19.1 Å². The summed E-state index contributed by atoms with van der Waals surface area (Å²) in [5.74, 6) is -1.80. The molecule has 0 unspecified atom stereocenters. The lowest BCUT2D eigenvalue weighted by atomic mass is 9.75. The summed E-state index contributed by atoms with van der Waals surface area (Å²) in [6.45, 7) is 4.18. The highest BCUT2D eigenvalue weighted by atomic mass is 16.5. The van der Waals surface area contributed by atoms with Crippen molar-refractivity contribution in [3.8, 4) is 16.9 Å². The number of ether oxygens (including phenoxy) is 2. The number of likely N-dealkylation sites (tertiary alicyclic amines) is 1. The Morgan fingerprint density at radius 3 is 2.38 bits per heavy atom. The molecule has 3 fully saturated rings. The second-order valence-corrected chi connectivity index (χ2v) is 10.0. The zero-order valence-electron chi connectivity index (χ0n) is 21.7. The molecule has 3 aliphatic heterocycles. The number of hydrogen-bond acceptors (Lipinski definition) is 7. The highest BCUT2D eigenvalue weighted by Crippen LogP contribution is 2.58. The average Bonchev–Trinajstić information content (AvgIpc) is 3.37. The van der Waals surface area contributed by atoms with Gasteiger partial charge in [-0.25, -0.2) is 0 Å². The van der Waals surface area contributed by atoms with E-state index >= 15 is 0 Å². The fraction of sp³-hybridized carbons (Fsp3) is 0.448. The van der Waals surface area contributed by atoms with Gasteiger partial charge in [0.25, 0.3) is 0 Å². The van der Waals surface area contributed by atoms with E-state index in [9.17, 15) is 19.2 Å². The van der Waals surface area contributed by atoms with E-state index in [1.165, 1.54) is 18.9 Å². The second kappa shape index (κ2) is 9.41. The standard InChI is InChI=1S/C29H32N2O6/c1-5-30-26(33)23-24(27(30)34)29(28(35)37-4)14-6-7-15-31(29)25(23)20-12-13-21(22(16-20)36-3)19-10-8-18(9-11-19)17(2)32/h8-13,16,23-25H,5-7,14-15H2,1-4H3/t23-,24-,25-,29+/m1/s1. The predicted molar refractivity (Wildman–Crippen MR) is 136 cm³/mol. The number of benzene rings is 2. The van der Waals surface area contributed by atoms with Gasteiger partial charge >= 0.3 is 5.97 Å². The summed E-state index contributed by atoms with van der Waals surface area (Å²) in [6.07, 6.45) is 2.13. The molecule has 0 saturated carbocycles. The Labute approximate surface area is 216 Å². The predicted octanol–water partition coefficient (Wildman–Crippen LogP) is 3.64. The molecule has 2 aromatic rings. The number of imide groups is 1. The van der Waals surface area contributed by atoms with Crippen LogP contribution in [0.3, 0.4) is 0 Å². The molecule has 4 atom stereocenters. The van der Waals surface area contributed by atoms with Crippen molar-refractivity contribution in [2.24, 2.45) is 11.8 Å². The first kappa shape index (κ1) is 25.1. The minimum Gasteiger partial charge on any atom is -0.496 e. The molecular formula is C29H32N2O6. The number of hydrogen-bond donors (Lipinski definition) is 0. The Hall–Kier alpha value is -3.52. The maximum absolute atomic E-state index is 13.6. The Bertz CT molecular complexity index is 1270. The third-order valence-corrected chi connectivity index (χ3v) is 8.38. The first-order valence-corrected chi connectivity index (χ1v) is 12.8. The molecule has 0 N–H and O–H groups in total. The number of methoxy groups -OCH3 is 2.